The van der Waals surface area contributed by atoms with Gasteiger partial charge in [0.25, 0.3) is 10.1 Å². The van der Waals surface area contributed by atoms with Crippen molar-refractivity contribution >= 4 is 27.1 Å². The van der Waals surface area contributed by atoms with Gasteiger partial charge in [0.2, 0.25) is 0 Å². The van der Waals surface area contributed by atoms with Gasteiger partial charge in [-0.1, -0.05) is 19.8 Å². The van der Waals surface area contributed by atoms with Gasteiger partial charge >= 0.3 is 5.43 Å². The second-order valence-corrected chi connectivity index (χ2v) is 4.14. The van der Waals surface area contributed by atoms with Gasteiger partial charge in [-0.2, -0.15) is 8.42 Å². The van der Waals surface area contributed by atoms with Crippen LogP contribution in [0.2, 0.25) is 0 Å². The third kappa shape index (κ3) is 33.9. The first kappa shape index (κ1) is 15.2. The molecule has 0 unspecified atom stereocenters. The molecule has 0 aromatic carbocycles. The summed E-state index contributed by atoms with van der Waals surface area (Å²) in [6, 6.07) is 0. The predicted octanol–water partition coefficient (Wildman–Crippen LogP) is 1.97. The van der Waals surface area contributed by atoms with Crippen LogP contribution in [0, 0.1) is 0 Å². The minimum atomic E-state index is -3.70. The first-order chi connectivity index (χ1) is 5.79. The average Bonchev–Trinajstić information content (AvgIpc) is 1.83. The van der Waals surface area contributed by atoms with E-state index in [1.807, 2.05) is 6.92 Å². The average molecular weight is 233 g/mol. The van der Waals surface area contributed by atoms with Crippen molar-refractivity contribution in [3.63, 3.8) is 0 Å². The van der Waals surface area contributed by atoms with E-state index in [4.69, 9.17) is 14.5 Å². The zero-order valence-electron chi connectivity index (χ0n) is 7.23. The normalized spacial score (nSPS) is 10.1. The van der Waals surface area contributed by atoms with Crippen molar-refractivity contribution in [2.45, 2.75) is 26.2 Å². The van der Waals surface area contributed by atoms with Gasteiger partial charge in [-0.15, -0.1) is 0 Å². The molecule has 0 aliphatic carbocycles. The fraction of sp³-hybridized carbons (Fsp3) is 0.833. The summed E-state index contributed by atoms with van der Waals surface area (Å²) in [7, 11) is -3.70. The lowest BCUT2D eigenvalue weighted by molar-refractivity contribution is 0.220. The third-order valence-electron chi connectivity index (χ3n) is 1.01. The van der Waals surface area contributed by atoms with Crippen LogP contribution in [-0.2, 0) is 10.1 Å². The lowest BCUT2D eigenvalue weighted by atomic mass is 10.3. The first-order valence-electron chi connectivity index (χ1n) is 3.63. The van der Waals surface area contributed by atoms with Crippen molar-refractivity contribution in [2.75, 3.05) is 5.75 Å². The molecule has 0 rings (SSSR count). The molecule has 0 aliphatic rings. The molecule has 80 valence electrons. The SMILES string of the molecule is CCCCCS(=O)(=O)O.O=C(O)Cl. The Morgan fingerprint density at radius 3 is 2.00 bits per heavy atom. The molecule has 0 aromatic rings. The number of carboxylic acid groups (broad SMARTS) is 1. The summed E-state index contributed by atoms with van der Waals surface area (Å²) in [5.41, 5.74) is -1.36. The van der Waals surface area contributed by atoms with Crippen LogP contribution in [-0.4, -0.2) is 29.3 Å². The summed E-state index contributed by atoms with van der Waals surface area (Å²) in [4.78, 5) is 8.77. The zero-order valence-corrected chi connectivity index (χ0v) is 8.81. The quantitative estimate of drug-likeness (QED) is 0.439. The van der Waals surface area contributed by atoms with Crippen LogP contribution < -0.4 is 0 Å². The highest BCUT2D eigenvalue weighted by Crippen LogP contribution is 1.96. The largest absolute Gasteiger partial charge is 0.469 e. The molecule has 0 radical (unpaired) electrons. The minimum Gasteiger partial charge on any atom is -0.469 e. The van der Waals surface area contributed by atoms with Crippen LogP contribution in [0.1, 0.15) is 26.2 Å². The van der Waals surface area contributed by atoms with Gasteiger partial charge in [-0.05, 0) is 6.42 Å². The summed E-state index contributed by atoms with van der Waals surface area (Å²) in [5.74, 6) is -0.0964. The van der Waals surface area contributed by atoms with Gasteiger partial charge in [-0.25, -0.2) is 4.79 Å². The van der Waals surface area contributed by atoms with Gasteiger partial charge in [0.15, 0.2) is 0 Å². The Hall–Kier alpha value is -0.330. The first-order valence-corrected chi connectivity index (χ1v) is 5.62. The maximum Gasteiger partial charge on any atom is 0.401 e. The summed E-state index contributed by atoms with van der Waals surface area (Å²) >= 11 is 4.19. The lowest BCUT2D eigenvalue weighted by Gasteiger charge is -1.92. The van der Waals surface area contributed by atoms with Gasteiger partial charge in [0.05, 0.1) is 5.75 Å². The summed E-state index contributed by atoms with van der Waals surface area (Å²) < 4.78 is 28.3. The fourth-order valence-electron chi connectivity index (χ4n) is 0.534. The van der Waals surface area contributed by atoms with Crippen LogP contribution in [0.15, 0.2) is 0 Å². The van der Waals surface area contributed by atoms with E-state index in [-0.39, 0.29) is 5.75 Å². The summed E-state index contributed by atoms with van der Waals surface area (Å²) in [6.45, 7) is 1.98. The number of halogens is 1. The van der Waals surface area contributed by atoms with Crippen molar-refractivity contribution in [2.24, 2.45) is 0 Å². The highest BCUT2D eigenvalue weighted by Gasteiger charge is 2.01. The Balaban J connectivity index is 0. The van der Waals surface area contributed by atoms with Crippen molar-refractivity contribution in [1.82, 2.24) is 0 Å². The fourth-order valence-corrected chi connectivity index (χ4v) is 1.10. The number of hydrogen-bond acceptors (Lipinski definition) is 3. The Labute approximate surface area is 82.5 Å². The van der Waals surface area contributed by atoms with E-state index < -0.39 is 15.5 Å². The van der Waals surface area contributed by atoms with Crippen molar-refractivity contribution < 1.29 is 22.9 Å². The van der Waals surface area contributed by atoms with Crippen molar-refractivity contribution in [1.29, 1.82) is 0 Å². The predicted molar refractivity (Wildman–Crippen MR) is 49.8 cm³/mol. The molecule has 0 amide bonds. The lowest BCUT2D eigenvalue weighted by Crippen LogP contribution is -2.02. The summed E-state index contributed by atoms with van der Waals surface area (Å²) in [5, 5.41) is 7.18. The number of unbranched alkanes of at least 4 members (excludes halogenated alkanes) is 2. The van der Waals surface area contributed by atoms with Crippen LogP contribution in [0.25, 0.3) is 0 Å². The molecule has 0 aromatic heterocycles. The van der Waals surface area contributed by atoms with E-state index in [9.17, 15) is 8.42 Å². The molecule has 0 heterocycles. The van der Waals surface area contributed by atoms with Gasteiger partial charge in [-0.3, -0.25) is 4.55 Å². The Morgan fingerprint density at radius 1 is 1.38 bits per heavy atom. The van der Waals surface area contributed by atoms with Gasteiger partial charge < -0.3 is 5.11 Å². The van der Waals surface area contributed by atoms with Gasteiger partial charge in [0, 0.05) is 11.6 Å². The van der Waals surface area contributed by atoms with Crippen molar-refractivity contribution in [3.8, 4) is 0 Å². The van der Waals surface area contributed by atoms with E-state index in [1.54, 1.807) is 0 Å². The van der Waals surface area contributed by atoms with Crippen LogP contribution in [0.5, 0.6) is 0 Å². The van der Waals surface area contributed by atoms with Crippen LogP contribution in [0.4, 0.5) is 4.79 Å². The van der Waals surface area contributed by atoms with E-state index in [0.717, 1.165) is 12.8 Å². The highest BCUT2D eigenvalue weighted by molar-refractivity contribution is 7.85. The number of carbonyl (C=O) groups is 1. The molecule has 0 saturated carbocycles. The molecular formula is C6H13ClO5S. The second kappa shape index (κ2) is 8.28. The monoisotopic (exact) mass is 232 g/mol. The smallest absolute Gasteiger partial charge is 0.401 e. The van der Waals surface area contributed by atoms with E-state index in [1.165, 1.54) is 0 Å². The molecule has 2 N–H and O–H groups in total. The van der Waals surface area contributed by atoms with Crippen LogP contribution in [0.3, 0.4) is 0 Å². The Bertz CT molecular complexity index is 219. The van der Waals surface area contributed by atoms with E-state index in [0.29, 0.717) is 6.42 Å². The van der Waals surface area contributed by atoms with Crippen LogP contribution >= 0.6 is 11.6 Å². The maximum absolute atomic E-state index is 10.1. The molecule has 0 aliphatic heterocycles. The molecule has 0 spiro atoms. The second-order valence-electron chi connectivity index (χ2n) is 2.25. The molecule has 13 heavy (non-hydrogen) atoms. The minimum absolute atomic E-state index is 0.0964. The molecular weight excluding hydrogens is 220 g/mol. The topological polar surface area (TPSA) is 91.7 Å². The molecule has 0 atom stereocenters. The van der Waals surface area contributed by atoms with Gasteiger partial charge in [0.1, 0.15) is 0 Å². The van der Waals surface area contributed by atoms with E-state index in [2.05, 4.69) is 11.6 Å². The molecule has 0 saturated heterocycles. The highest BCUT2D eigenvalue weighted by atomic mass is 35.5. The molecule has 7 heteroatoms. The Kier molecular flexibility index (Phi) is 9.65. The zero-order chi connectivity index (χ0) is 10.9. The molecule has 0 bridgehead atoms. The van der Waals surface area contributed by atoms with E-state index >= 15 is 0 Å². The maximum atomic E-state index is 10.1. The third-order valence-corrected chi connectivity index (χ3v) is 1.81. The summed E-state index contributed by atoms with van der Waals surface area (Å²) in [6.07, 6.45) is 2.39. The molecule has 5 nitrogen and oxygen atoms in total. The number of hydrogen-bond donors (Lipinski definition) is 2. The number of rotatable bonds is 4. The Morgan fingerprint density at radius 2 is 1.77 bits per heavy atom. The molecule has 0 fully saturated rings. The standard InChI is InChI=1S/C5H12O3S.CHClO2/c1-2-3-4-5-9(6,7)8;2-1(3)4/h2-5H2,1H3,(H,6,7,8);(H,3,4). The van der Waals surface area contributed by atoms with Crippen molar-refractivity contribution in [3.05, 3.63) is 0 Å².